The van der Waals surface area contributed by atoms with Crippen LogP contribution in [0.4, 0.5) is 11.4 Å². The van der Waals surface area contributed by atoms with E-state index in [0.29, 0.717) is 28.0 Å². The first-order valence-electron chi connectivity index (χ1n) is 7.85. The van der Waals surface area contributed by atoms with E-state index >= 15 is 0 Å². The number of hydrogen-bond acceptors (Lipinski definition) is 7. The lowest BCUT2D eigenvalue weighted by molar-refractivity contribution is 0.415. The summed E-state index contributed by atoms with van der Waals surface area (Å²) in [5, 5.41) is 18.9. The maximum atomic E-state index is 12.1. The van der Waals surface area contributed by atoms with E-state index in [1.54, 1.807) is 37.4 Å². The smallest absolute Gasteiger partial charge is 0.178 e. The van der Waals surface area contributed by atoms with Gasteiger partial charge in [0.05, 0.1) is 23.4 Å². The Hall–Kier alpha value is -3.00. The van der Waals surface area contributed by atoms with Gasteiger partial charge in [0.15, 0.2) is 9.84 Å². The van der Waals surface area contributed by atoms with Crippen LogP contribution in [0.3, 0.4) is 0 Å². The van der Waals surface area contributed by atoms with Crippen molar-refractivity contribution in [3.05, 3.63) is 48.7 Å². The zero-order valence-corrected chi connectivity index (χ0v) is 15.1. The molecule has 3 rings (SSSR count). The van der Waals surface area contributed by atoms with Crippen molar-refractivity contribution in [2.75, 3.05) is 12.9 Å². The van der Waals surface area contributed by atoms with Gasteiger partial charge in [0, 0.05) is 11.6 Å². The number of benzene rings is 2. The summed E-state index contributed by atoms with van der Waals surface area (Å²) < 4.78 is 29.4. The van der Waals surface area contributed by atoms with Gasteiger partial charge in [-0.1, -0.05) is 6.92 Å². The minimum atomic E-state index is -3.37. The number of phenolic OH excluding ortho intramolecular Hbond substituents is 1. The van der Waals surface area contributed by atoms with Crippen LogP contribution in [0.5, 0.6) is 11.5 Å². The van der Waals surface area contributed by atoms with Gasteiger partial charge in [-0.3, -0.25) is 4.98 Å². The van der Waals surface area contributed by atoms with Crippen LogP contribution in [0.25, 0.3) is 10.9 Å². The number of azo groups is 1. The van der Waals surface area contributed by atoms with Crippen molar-refractivity contribution in [1.82, 2.24) is 4.98 Å². The van der Waals surface area contributed by atoms with Gasteiger partial charge in [-0.15, -0.1) is 10.2 Å². The van der Waals surface area contributed by atoms with Crippen LogP contribution in [-0.4, -0.2) is 31.4 Å². The Morgan fingerprint density at radius 2 is 1.88 bits per heavy atom. The zero-order chi connectivity index (χ0) is 18.7. The molecule has 1 N–H and O–H groups in total. The number of hydrogen-bond donors (Lipinski definition) is 1. The summed E-state index contributed by atoms with van der Waals surface area (Å²) in [4.78, 5) is 4.29. The largest absolute Gasteiger partial charge is 0.506 e. The number of aromatic nitrogens is 1. The van der Waals surface area contributed by atoms with Crippen LogP contribution in [0.2, 0.25) is 0 Å². The molecule has 0 aliphatic rings. The topological polar surface area (TPSA) is 101 Å². The Kier molecular flexibility index (Phi) is 4.85. The monoisotopic (exact) mass is 371 g/mol. The number of aromatic hydroxyl groups is 1. The van der Waals surface area contributed by atoms with E-state index in [1.165, 1.54) is 25.3 Å². The first-order valence-corrected chi connectivity index (χ1v) is 9.50. The number of rotatable bonds is 5. The highest BCUT2D eigenvalue weighted by molar-refractivity contribution is 7.91. The highest BCUT2D eigenvalue weighted by atomic mass is 32.2. The first kappa shape index (κ1) is 17.8. The first-order chi connectivity index (χ1) is 12.5. The number of pyridine rings is 1. The fraction of sp³-hybridized carbons (Fsp3) is 0.167. The normalized spacial score (nSPS) is 11.9. The number of methoxy groups -OCH3 is 1. The average molecular weight is 371 g/mol. The molecule has 3 aromatic rings. The second-order valence-corrected chi connectivity index (χ2v) is 7.72. The number of nitrogens with zero attached hydrogens (tertiary/aromatic N) is 3. The molecule has 8 heteroatoms. The molecule has 0 saturated heterocycles. The summed E-state index contributed by atoms with van der Waals surface area (Å²) in [6.07, 6.45) is 1.57. The third-order valence-corrected chi connectivity index (χ3v) is 5.61. The predicted octanol–water partition coefficient (Wildman–Crippen LogP) is 4.16. The standard InChI is InChI=1S/C18H17N3O4S/c1-3-26(23,24)12-6-9-17(25-2)15(11-12)21-20-14-7-8-16(22)18-13(14)5-4-10-19-18/h4-11,22H,3H2,1-2H3. The number of ether oxygens (including phenoxy) is 1. The molecular weight excluding hydrogens is 354 g/mol. The number of phenols is 1. The van der Waals surface area contributed by atoms with Gasteiger partial charge >= 0.3 is 0 Å². The Balaban J connectivity index is 2.09. The molecule has 0 atom stereocenters. The molecule has 26 heavy (non-hydrogen) atoms. The number of sulfone groups is 1. The van der Waals surface area contributed by atoms with Crippen LogP contribution in [0, 0.1) is 0 Å². The zero-order valence-electron chi connectivity index (χ0n) is 14.2. The molecule has 0 radical (unpaired) electrons. The summed E-state index contributed by atoms with van der Waals surface area (Å²) >= 11 is 0. The SMILES string of the molecule is CCS(=O)(=O)c1ccc(OC)c(N=Nc2ccc(O)c3ncccc23)c1. The van der Waals surface area contributed by atoms with Crippen molar-refractivity contribution in [2.24, 2.45) is 10.2 Å². The maximum Gasteiger partial charge on any atom is 0.178 e. The van der Waals surface area contributed by atoms with E-state index in [1.807, 2.05) is 0 Å². The second-order valence-electron chi connectivity index (χ2n) is 5.44. The molecule has 0 aliphatic heterocycles. The molecule has 0 saturated carbocycles. The van der Waals surface area contributed by atoms with Crippen molar-refractivity contribution in [3.8, 4) is 11.5 Å². The predicted molar refractivity (Wildman–Crippen MR) is 98.3 cm³/mol. The van der Waals surface area contributed by atoms with Gasteiger partial charge in [-0.25, -0.2) is 8.42 Å². The lowest BCUT2D eigenvalue weighted by atomic mass is 10.2. The molecule has 2 aromatic carbocycles. The fourth-order valence-electron chi connectivity index (χ4n) is 2.45. The van der Waals surface area contributed by atoms with Gasteiger partial charge in [0.25, 0.3) is 0 Å². The van der Waals surface area contributed by atoms with Crippen LogP contribution in [-0.2, 0) is 9.84 Å². The van der Waals surface area contributed by atoms with E-state index in [2.05, 4.69) is 15.2 Å². The summed E-state index contributed by atoms with van der Waals surface area (Å²) in [7, 11) is -1.89. The van der Waals surface area contributed by atoms with Crippen LogP contribution < -0.4 is 4.74 Å². The maximum absolute atomic E-state index is 12.1. The summed E-state index contributed by atoms with van der Waals surface area (Å²) in [5.74, 6) is 0.447. The van der Waals surface area contributed by atoms with Crippen molar-refractivity contribution < 1.29 is 18.3 Å². The van der Waals surface area contributed by atoms with E-state index < -0.39 is 9.84 Å². The molecule has 0 bridgehead atoms. The minimum absolute atomic E-state index is 0.00974. The molecule has 0 aliphatic carbocycles. The van der Waals surface area contributed by atoms with Crippen LogP contribution >= 0.6 is 0 Å². The Bertz CT molecular complexity index is 1090. The van der Waals surface area contributed by atoms with Crippen molar-refractivity contribution in [2.45, 2.75) is 11.8 Å². The molecule has 7 nitrogen and oxygen atoms in total. The third-order valence-electron chi connectivity index (χ3n) is 3.88. The Labute approximate surface area is 150 Å². The summed E-state index contributed by atoms with van der Waals surface area (Å²) in [6, 6.07) is 11.1. The van der Waals surface area contributed by atoms with Crippen molar-refractivity contribution in [3.63, 3.8) is 0 Å². The van der Waals surface area contributed by atoms with Gasteiger partial charge in [0.2, 0.25) is 0 Å². The molecule has 0 spiro atoms. The van der Waals surface area contributed by atoms with Crippen LogP contribution in [0.15, 0.2) is 63.8 Å². The summed E-state index contributed by atoms with van der Waals surface area (Å²) in [6.45, 7) is 1.58. The minimum Gasteiger partial charge on any atom is -0.506 e. The third kappa shape index (κ3) is 3.36. The molecule has 0 amide bonds. The molecule has 134 valence electrons. The molecule has 1 heterocycles. The highest BCUT2D eigenvalue weighted by Crippen LogP contribution is 2.35. The van der Waals surface area contributed by atoms with Gasteiger partial charge in [-0.2, -0.15) is 0 Å². The van der Waals surface area contributed by atoms with E-state index in [4.69, 9.17) is 4.74 Å². The lowest BCUT2D eigenvalue weighted by Crippen LogP contribution is -2.03. The van der Waals surface area contributed by atoms with E-state index in [-0.39, 0.29) is 16.4 Å². The van der Waals surface area contributed by atoms with E-state index in [0.717, 1.165) is 0 Å². The van der Waals surface area contributed by atoms with Crippen molar-refractivity contribution >= 4 is 32.1 Å². The lowest BCUT2D eigenvalue weighted by Gasteiger charge is -2.07. The molecular formula is C18H17N3O4S. The molecule has 0 unspecified atom stereocenters. The number of fused-ring (bicyclic) bond motifs is 1. The van der Waals surface area contributed by atoms with Crippen molar-refractivity contribution in [1.29, 1.82) is 0 Å². The van der Waals surface area contributed by atoms with Gasteiger partial charge < -0.3 is 9.84 Å². The fourth-order valence-corrected chi connectivity index (χ4v) is 3.35. The molecule has 1 aromatic heterocycles. The second kappa shape index (κ2) is 7.09. The van der Waals surface area contributed by atoms with E-state index in [9.17, 15) is 13.5 Å². The summed E-state index contributed by atoms with van der Waals surface area (Å²) in [5.41, 5.74) is 1.21. The average Bonchev–Trinajstić information content (AvgIpc) is 2.67. The Morgan fingerprint density at radius 3 is 2.62 bits per heavy atom. The van der Waals surface area contributed by atoms with Gasteiger partial charge in [-0.05, 0) is 42.5 Å². The molecule has 0 fully saturated rings. The van der Waals surface area contributed by atoms with Gasteiger partial charge in [0.1, 0.15) is 22.7 Å². The Morgan fingerprint density at radius 1 is 1.12 bits per heavy atom. The highest BCUT2D eigenvalue weighted by Gasteiger charge is 2.15. The van der Waals surface area contributed by atoms with Crippen LogP contribution in [0.1, 0.15) is 6.92 Å². The quantitative estimate of drug-likeness (QED) is 0.679.